The fraction of sp³-hybridized carbons (Fsp3) is 0.357. The van der Waals surface area contributed by atoms with Gasteiger partial charge in [0.15, 0.2) is 12.1 Å². The third-order valence-corrected chi connectivity index (χ3v) is 7.84. The molecule has 0 aliphatic carbocycles. The molecular weight excluding hydrogens is 482 g/mol. The van der Waals surface area contributed by atoms with E-state index in [2.05, 4.69) is 47.1 Å². The van der Waals surface area contributed by atoms with Crippen LogP contribution in [0, 0.1) is 6.92 Å². The van der Waals surface area contributed by atoms with Crippen molar-refractivity contribution >= 4 is 17.0 Å². The number of thiazole rings is 1. The van der Waals surface area contributed by atoms with Gasteiger partial charge in [-0.2, -0.15) is 0 Å². The molecule has 4 aromatic heterocycles. The quantitative estimate of drug-likeness (QED) is 0.274. The molecule has 190 valence electrons. The largest absolute Gasteiger partial charge is 0.356 e. The summed E-state index contributed by atoms with van der Waals surface area (Å²) in [4.78, 5) is 15.7. The smallest absolute Gasteiger partial charge is 0.193 e. The lowest BCUT2D eigenvalue weighted by Gasteiger charge is -2.21. The van der Waals surface area contributed by atoms with Crippen LogP contribution in [-0.4, -0.2) is 49.3 Å². The van der Waals surface area contributed by atoms with Gasteiger partial charge >= 0.3 is 0 Å². The SMILES string of the molecule is CNCCCc1ccc2nc(C)c(-c3nc(-c4ccccc4)c(-c4ncn(C5CCCCO5)n4)s3)n2c1. The highest BCUT2D eigenvalue weighted by atomic mass is 32.1. The van der Waals surface area contributed by atoms with Gasteiger partial charge in [-0.15, -0.1) is 16.4 Å². The van der Waals surface area contributed by atoms with Gasteiger partial charge in [0.05, 0.1) is 11.4 Å². The number of rotatable bonds is 8. The molecule has 0 spiro atoms. The van der Waals surface area contributed by atoms with Gasteiger partial charge < -0.3 is 10.1 Å². The van der Waals surface area contributed by atoms with Gasteiger partial charge in [-0.1, -0.05) is 36.4 Å². The highest BCUT2D eigenvalue weighted by Gasteiger charge is 2.24. The third kappa shape index (κ3) is 4.82. The van der Waals surface area contributed by atoms with E-state index >= 15 is 0 Å². The molecule has 1 aliphatic rings. The molecular formula is C28H31N7OS. The number of fused-ring (bicyclic) bond motifs is 1. The predicted octanol–water partition coefficient (Wildman–Crippen LogP) is 5.54. The van der Waals surface area contributed by atoms with E-state index in [1.165, 1.54) is 5.56 Å². The molecule has 37 heavy (non-hydrogen) atoms. The summed E-state index contributed by atoms with van der Waals surface area (Å²) >= 11 is 1.62. The second kappa shape index (κ2) is 10.5. The summed E-state index contributed by atoms with van der Waals surface area (Å²) in [5.74, 6) is 0.677. The summed E-state index contributed by atoms with van der Waals surface area (Å²) in [6.07, 6.45) is 9.24. The van der Waals surface area contributed by atoms with Crippen LogP contribution >= 0.6 is 11.3 Å². The van der Waals surface area contributed by atoms with Crippen LogP contribution in [0.2, 0.25) is 0 Å². The fourth-order valence-electron chi connectivity index (χ4n) is 4.90. The molecule has 6 rings (SSSR count). The second-order valence-corrected chi connectivity index (χ2v) is 10.4. The van der Waals surface area contributed by atoms with Crippen LogP contribution < -0.4 is 5.32 Å². The zero-order valence-corrected chi connectivity index (χ0v) is 22.0. The minimum absolute atomic E-state index is 0.0510. The molecule has 0 radical (unpaired) electrons. The molecule has 0 bridgehead atoms. The maximum Gasteiger partial charge on any atom is 0.193 e. The Morgan fingerprint density at radius 2 is 2.00 bits per heavy atom. The van der Waals surface area contributed by atoms with Crippen LogP contribution in [0.1, 0.15) is 43.2 Å². The number of nitrogens with zero attached hydrogens (tertiary/aromatic N) is 6. The van der Waals surface area contributed by atoms with Crippen LogP contribution in [0.4, 0.5) is 0 Å². The number of hydrogen-bond acceptors (Lipinski definition) is 7. The Balaban J connectivity index is 1.44. The van der Waals surface area contributed by atoms with Gasteiger partial charge in [0.2, 0.25) is 0 Å². The van der Waals surface area contributed by atoms with Crippen molar-refractivity contribution < 1.29 is 4.74 Å². The number of imidazole rings is 1. The first-order chi connectivity index (χ1) is 18.2. The summed E-state index contributed by atoms with van der Waals surface area (Å²) < 4.78 is 9.98. The normalized spacial score (nSPS) is 16.0. The minimum atomic E-state index is -0.0510. The molecule has 9 heteroatoms. The van der Waals surface area contributed by atoms with E-state index < -0.39 is 0 Å². The van der Waals surface area contributed by atoms with Crippen molar-refractivity contribution in [3.05, 3.63) is 66.2 Å². The zero-order chi connectivity index (χ0) is 25.2. The molecule has 1 aromatic carbocycles. The van der Waals surface area contributed by atoms with Crippen molar-refractivity contribution in [3.63, 3.8) is 0 Å². The average molecular weight is 514 g/mol. The van der Waals surface area contributed by atoms with E-state index in [9.17, 15) is 0 Å². The zero-order valence-electron chi connectivity index (χ0n) is 21.2. The van der Waals surface area contributed by atoms with E-state index in [-0.39, 0.29) is 6.23 Å². The average Bonchev–Trinajstić information content (AvgIpc) is 3.66. The summed E-state index contributed by atoms with van der Waals surface area (Å²) in [7, 11) is 1.99. The number of hydrogen-bond donors (Lipinski definition) is 1. The van der Waals surface area contributed by atoms with Crippen LogP contribution in [0.3, 0.4) is 0 Å². The Morgan fingerprint density at radius 3 is 2.81 bits per heavy atom. The highest BCUT2D eigenvalue weighted by Crippen LogP contribution is 2.40. The fourth-order valence-corrected chi connectivity index (χ4v) is 6.01. The summed E-state index contributed by atoms with van der Waals surface area (Å²) in [6, 6.07) is 14.6. The molecule has 0 saturated carbocycles. The van der Waals surface area contributed by atoms with Crippen LogP contribution in [0.15, 0.2) is 55.0 Å². The van der Waals surface area contributed by atoms with Crippen molar-refractivity contribution in [2.75, 3.05) is 20.2 Å². The van der Waals surface area contributed by atoms with E-state index in [1.54, 1.807) is 17.7 Å². The van der Waals surface area contributed by atoms with Crippen LogP contribution in [0.25, 0.3) is 38.3 Å². The number of aryl methyl sites for hydroxylation is 2. The van der Waals surface area contributed by atoms with E-state index in [1.807, 2.05) is 29.9 Å². The van der Waals surface area contributed by atoms with Crippen LogP contribution in [0.5, 0.6) is 0 Å². The Kier molecular flexibility index (Phi) is 6.82. The van der Waals surface area contributed by atoms with Crippen molar-refractivity contribution in [1.29, 1.82) is 0 Å². The van der Waals surface area contributed by atoms with E-state index in [0.29, 0.717) is 5.82 Å². The number of aromatic nitrogens is 6. The molecule has 5 aromatic rings. The first-order valence-electron chi connectivity index (χ1n) is 12.9. The van der Waals surface area contributed by atoms with Crippen molar-refractivity contribution in [2.45, 2.75) is 45.3 Å². The van der Waals surface area contributed by atoms with Gasteiger partial charge in [0, 0.05) is 18.4 Å². The topological polar surface area (TPSA) is 82.2 Å². The lowest BCUT2D eigenvalue weighted by Crippen LogP contribution is -2.18. The number of pyridine rings is 1. The Morgan fingerprint density at radius 1 is 1.11 bits per heavy atom. The second-order valence-electron chi connectivity index (χ2n) is 9.45. The predicted molar refractivity (Wildman–Crippen MR) is 147 cm³/mol. The minimum Gasteiger partial charge on any atom is -0.356 e. The highest BCUT2D eigenvalue weighted by molar-refractivity contribution is 7.18. The Hall–Kier alpha value is -3.40. The van der Waals surface area contributed by atoms with Crippen molar-refractivity contribution in [2.24, 2.45) is 0 Å². The lowest BCUT2D eigenvalue weighted by molar-refractivity contribution is -0.0395. The van der Waals surface area contributed by atoms with Crippen molar-refractivity contribution in [1.82, 2.24) is 34.4 Å². The number of benzene rings is 1. The molecule has 8 nitrogen and oxygen atoms in total. The maximum absolute atomic E-state index is 5.94. The molecule has 1 N–H and O–H groups in total. The summed E-state index contributed by atoms with van der Waals surface area (Å²) in [5, 5.41) is 8.99. The summed E-state index contributed by atoms with van der Waals surface area (Å²) in [6.45, 7) is 3.82. The first kappa shape index (κ1) is 24.0. The monoisotopic (exact) mass is 513 g/mol. The maximum atomic E-state index is 5.94. The van der Waals surface area contributed by atoms with Crippen molar-refractivity contribution in [3.8, 4) is 32.7 Å². The van der Waals surface area contributed by atoms with Gasteiger partial charge in [-0.05, 0) is 64.3 Å². The molecule has 1 aliphatic heterocycles. The molecule has 1 atom stereocenters. The first-order valence-corrected chi connectivity index (χ1v) is 13.7. The summed E-state index contributed by atoms with van der Waals surface area (Å²) in [5.41, 5.74) is 6.14. The van der Waals surface area contributed by atoms with Gasteiger partial charge in [0.25, 0.3) is 0 Å². The van der Waals surface area contributed by atoms with E-state index in [4.69, 9.17) is 24.8 Å². The molecule has 1 unspecified atom stereocenters. The van der Waals surface area contributed by atoms with Gasteiger partial charge in [-0.25, -0.2) is 19.6 Å². The number of ether oxygens (including phenoxy) is 1. The van der Waals surface area contributed by atoms with E-state index in [0.717, 1.165) is 83.4 Å². The number of nitrogens with one attached hydrogen (secondary N) is 1. The molecule has 5 heterocycles. The molecule has 0 amide bonds. The third-order valence-electron chi connectivity index (χ3n) is 6.79. The Labute approximate surface area is 220 Å². The van der Waals surface area contributed by atoms with Crippen LogP contribution in [-0.2, 0) is 11.2 Å². The molecule has 1 fully saturated rings. The lowest BCUT2D eigenvalue weighted by atomic mass is 10.1. The standard InChI is InChI=1S/C28H31N7OS/c1-19-25(34-17-20(9-8-15-29-2)13-14-22(34)31-19)28-32-24(21-10-4-3-5-11-21)26(37-28)27-30-18-35(33-27)23-12-6-7-16-36-23/h3-5,10-11,13-14,17-18,23,29H,6-9,12,15-16H2,1-2H3. The Bertz CT molecular complexity index is 1500. The van der Waals surface area contributed by atoms with Gasteiger partial charge in [-0.3, -0.25) is 4.40 Å². The molecule has 1 saturated heterocycles. The van der Waals surface area contributed by atoms with Gasteiger partial charge in [0.1, 0.15) is 27.6 Å².